The number of fused-ring (bicyclic) bond motifs is 1. The van der Waals surface area contributed by atoms with Gasteiger partial charge in [-0.1, -0.05) is 39.4 Å². The van der Waals surface area contributed by atoms with E-state index in [9.17, 15) is 14.7 Å². The fraction of sp³-hybridized carbons (Fsp3) is 0.296. The SMILES string of the molecule is CCOC(=O)C1=C(C)N=c2s/c(=C\c3cc(Br)cc(OC)c3O)c(=O)n2C1c1ccc(OC(C)C)cc1. The van der Waals surface area contributed by atoms with Crippen LogP contribution < -0.4 is 24.4 Å². The lowest BCUT2D eigenvalue weighted by molar-refractivity contribution is -0.139. The van der Waals surface area contributed by atoms with E-state index in [0.717, 1.165) is 0 Å². The zero-order valence-corrected chi connectivity index (χ0v) is 23.5. The van der Waals surface area contributed by atoms with E-state index >= 15 is 0 Å². The number of benzene rings is 2. The fourth-order valence-corrected chi connectivity index (χ4v) is 5.60. The first-order valence-corrected chi connectivity index (χ1v) is 13.3. The van der Waals surface area contributed by atoms with Crippen LogP contribution in [-0.2, 0) is 9.53 Å². The van der Waals surface area contributed by atoms with Gasteiger partial charge in [-0.25, -0.2) is 9.79 Å². The zero-order chi connectivity index (χ0) is 26.9. The summed E-state index contributed by atoms with van der Waals surface area (Å²) < 4.78 is 18.9. The van der Waals surface area contributed by atoms with Crippen molar-refractivity contribution in [1.29, 1.82) is 0 Å². The summed E-state index contributed by atoms with van der Waals surface area (Å²) in [6.45, 7) is 7.54. The van der Waals surface area contributed by atoms with Gasteiger partial charge in [0.1, 0.15) is 5.75 Å². The lowest BCUT2D eigenvalue weighted by Crippen LogP contribution is -2.39. The molecular weight excluding hydrogens is 560 g/mol. The Labute approximate surface area is 226 Å². The highest BCUT2D eigenvalue weighted by Crippen LogP contribution is 2.34. The van der Waals surface area contributed by atoms with Crippen molar-refractivity contribution < 1.29 is 24.1 Å². The topological polar surface area (TPSA) is 99.4 Å². The van der Waals surface area contributed by atoms with Crippen molar-refractivity contribution in [2.75, 3.05) is 13.7 Å². The molecule has 194 valence electrons. The lowest BCUT2D eigenvalue weighted by Gasteiger charge is -2.25. The molecule has 37 heavy (non-hydrogen) atoms. The van der Waals surface area contributed by atoms with Crippen LogP contribution in [0.1, 0.15) is 44.9 Å². The van der Waals surface area contributed by atoms with Gasteiger partial charge in [-0.05, 0) is 63.6 Å². The van der Waals surface area contributed by atoms with Gasteiger partial charge in [0.05, 0.1) is 41.7 Å². The Morgan fingerprint density at radius 3 is 2.59 bits per heavy atom. The Morgan fingerprint density at radius 1 is 1.27 bits per heavy atom. The first-order chi connectivity index (χ1) is 17.6. The molecule has 1 aromatic heterocycles. The van der Waals surface area contributed by atoms with Crippen molar-refractivity contribution in [1.82, 2.24) is 4.57 Å². The van der Waals surface area contributed by atoms with Crippen LogP contribution in [0.5, 0.6) is 17.2 Å². The van der Waals surface area contributed by atoms with Gasteiger partial charge < -0.3 is 19.3 Å². The molecule has 8 nitrogen and oxygen atoms in total. The first-order valence-electron chi connectivity index (χ1n) is 11.7. The van der Waals surface area contributed by atoms with Crippen molar-refractivity contribution in [3.8, 4) is 17.2 Å². The second kappa shape index (κ2) is 10.9. The van der Waals surface area contributed by atoms with Crippen LogP contribution in [0.2, 0.25) is 0 Å². The summed E-state index contributed by atoms with van der Waals surface area (Å²) in [7, 11) is 1.45. The summed E-state index contributed by atoms with van der Waals surface area (Å²) in [6, 6.07) is 9.89. The molecule has 1 N–H and O–H groups in total. The van der Waals surface area contributed by atoms with Crippen molar-refractivity contribution >= 4 is 39.3 Å². The molecule has 2 heterocycles. The van der Waals surface area contributed by atoms with Crippen LogP contribution in [0.25, 0.3) is 6.08 Å². The molecule has 0 fully saturated rings. The number of rotatable bonds is 7. The molecule has 10 heteroatoms. The molecule has 0 bridgehead atoms. The molecule has 0 radical (unpaired) electrons. The number of carbonyl (C=O) groups is 1. The molecular formula is C27H27BrN2O6S. The van der Waals surface area contributed by atoms with Crippen molar-refractivity contribution in [3.05, 3.63) is 83.0 Å². The number of aromatic nitrogens is 1. The predicted molar refractivity (Wildman–Crippen MR) is 145 cm³/mol. The number of phenolic OH excluding ortho intramolecular Hbond substituents is 1. The molecule has 1 unspecified atom stereocenters. The number of aromatic hydroxyl groups is 1. The number of esters is 1. The smallest absolute Gasteiger partial charge is 0.338 e. The lowest BCUT2D eigenvalue weighted by atomic mass is 9.96. The second-order valence-corrected chi connectivity index (χ2v) is 10.5. The summed E-state index contributed by atoms with van der Waals surface area (Å²) in [4.78, 5) is 31.8. The van der Waals surface area contributed by atoms with E-state index in [0.29, 0.717) is 42.0 Å². The second-order valence-electron chi connectivity index (χ2n) is 8.58. The maximum Gasteiger partial charge on any atom is 0.338 e. The minimum absolute atomic E-state index is 0.00817. The number of hydrogen-bond donors (Lipinski definition) is 1. The van der Waals surface area contributed by atoms with Crippen LogP contribution >= 0.6 is 27.3 Å². The van der Waals surface area contributed by atoms with E-state index < -0.39 is 12.0 Å². The Balaban J connectivity index is 1.93. The van der Waals surface area contributed by atoms with E-state index in [1.807, 2.05) is 38.1 Å². The van der Waals surface area contributed by atoms with Crippen molar-refractivity contribution in [2.45, 2.75) is 39.8 Å². The average Bonchev–Trinajstić information content (AvgIpc) is 3.14. The van der Waals surface area contributed by atoms with Gasteiger partial charge >= 0.3 is 5.97 Å². The van der Waals surface area contributed by atoms with E-state index in [-0.39, 0.29) is 29.8 Å². The summed E-state index contributed by atoms with van der Waals surface area (Å²) in [5.74, 6) is 0.344. The van der Waals surface area contributed by atoms with E-state index in [1.54, 1.807) is 32.1 Å². The molecule has 3 aromatic rings. The third kappa shape index (κ3) is 5.35. The standard InChI is InChI=1S/C27H27BrN2O6S/c1-6-35-26(33)22-15(4)29-27-30(23(22)16-7-9-19(10-8-16)36-14(2)3)25(32)21(37-27)12-17-11-18(28)13-20(34-5)24(17)31/h7-14,23,31H,6H2,1-5H3/b21-12-. The third-order valence-electron chi connectivity index (χ3n) is 5.66. The number of methoxy groups -OCH3 is 1. The zero-order valence-electron chi connectivity index (χ0n) is 21.1. The highest BCUT2D eigenvalue weighted by molar-refractivity contribution is 9.10. The maximum absolute atomic E-state index is 13.8. The van der Waals surface area contributed by atoms with Crippen LogP contribution in [0.4, 0.5) is 0 Å². The summed E-state index contributed by atoms with van der Waals surface area (Å²) in [5, 5.41) is 10.6. The number of ether oxygens (including phenoxy) is 3. The third-order valence-corrected chi connectivity index (χ3v) is 7.10. The number of thiazole rings is 1. The molecule has 0 saturated carbocycles. The van der Waals surface area contributed by atoms with Crippen LogP contribution in [0.3, 0.4) is 0 Å². The van der Waals surface area contributed by atoms with Gasteiger partial charge in [0.2, 0.25) is 0 Å². The Bertz CT molecular complexity index is 1550. The number of halogens is 1. The molecule has 0 spiro atoms. The van der Waals surface area contributed by atoms with Gasteiger partial charge in [-0.2, -0.15) is 0 Å². The summed E-state index contributed by atoms with van der Waals surface area (Å²) in [5.41, 5.74) is 1.55. The number of allylic oxidation sites excluding steroid dienone is 1. The predicted octanol–water partition coefficient (Wildman–Crippen LogP) is 4.06. The molecule has 0 saturated heterocycles. The van der Waals surface area contributed by atoms with E-state index in [1.165, 1.54) is 23.0 Å². The Hall–Kier alpha value is -3.37. The summed E-state index contributed by atoms with van der Waals surface area (Å²) >= 11 is 4.58. The number of phenols is 1. The molecule has 1 atom stereocenters. The van der Waals surface area contributed by atoms with E-state index in [4.69, 9.17) is 14.2 Å². The van der Waals surface area contributed by atoms with E-state index in [2.05, 4.69) is 20.9 Å². The number of carbonyl (C=O) groups excluding carboxylic acids is 1. The molecule has 1 aliphatic rings. The van der Waals surface area contributed by atoms with Crippen LogP contribution in [-0.4, -0.2) is 35.5 Å². The highest BCUT2D eigenvalue weighted by atomic mass is 79.9. The minimum atomic E-state index is -0.740. The maximum atomic E-state index is 13.8. The van der Waals surface area contributed by atoms with Crippen molar-refractivity contribution in [2.24, 2.45) is 4.99 Å². The summed E-state index contributed by atoms with van der Waals surface area (Å²) in [6.07, 6.45) is 1.60. The first kappa shape index (κ1) is 26.7. The van der Waals surface area contributed by atoms with Gasteiger partial charge in [-0.3, -0.25) is 9.36 Å². The van der Waals surface area contributed by atoms with Gasteiger partial charge in [-0.15, -0.1) is 0 Å². The highest BCUT2D eigenvalue weighted by Gasteiger charge is 2.33. The molecule has 0 aliphatic carbocycles. The van der Waals surface area contributed by atoms with Crippen molar-refractivity contribution in [3.63, 3.8) is 0 Å². The monoisotopic (exact) mass is 586 g/mol. The quantitative estimate of drug-likeness (QED) is 0.419. The fourth-order valence-electron chi connectivity index (χ4n) is 4.11. The Morgan fingerprint density at radius 2 is 1.97 bits per heavy atom. The van der Waals surface area contributed by atoms with Gasteiger partial charge in [0, 0.05) is 10.0 Å². The van der Waals surface area contributed by atoms with Crippen LogP contribution in [0.15, 0.2) is 61.9 Å². The molecule has 1 aliphatic heterocycles. The van der Waals surface area contributed by atoms with Gasteiger partial charge in [0.15, 0.2) is 16.3 Å². The van der Waals surface area contributed by atoms with Crippen LogP contribution in [0, 0.1) is 0 Å². The average molecular weight is 587 g/mol. The number of hydrogen-bond acceptors (Lipinski definition) is 8. The largest absolute Gasteiger partial charge is 0.504 e. The minimum Gasteiger partial charge on any atom is -0.504 e. The molecule has 4 rings (SSSR count). The Kier molecular flexibility index (Phi) is 7.89. The van der Waals surface area contributed by atoms with Gasteiger partial charge in [0.25, 0.3) is 5.56 Å². The molecule has 0 amide bonds. The normalized spacial score (nSPS) is 15.4. The molecule has 2 aromatic carbocycles. The number of nitrogens with zero attached hydrogens (tertiary/aromatic N) is 2.